The van der Waals surface area contributed by atoms with Gasteiger partial charge in [-0.2, -0.15) is 0 Å². The first-order chi connectivity index (χ1) is 9.50. The zero-order chi connectivity index (χ0) is 15.6. The van der Waals surface area contributed by atoms with Crippen molar-refractivity contribution in [1.82, 2.24) is 0 Å². The molecule has 0 atom stereocenters. The molecule has 0 rings (SSSR count). The normalized spacial score (nSPS) is 10.2. The number of carboxylic acids is 1. The predicted octanol–water partition coefficient (Wildman–Crippen LogP) is 5.13. The molecule has 0 unspecified atom stereocenters. The van der Waals surface area contributed by atoms with E-state index in [0.29, 0.717) is 12.5 Å². The minimum atomic E-state index is -0.657. The highest BCUT2D eigenvalue weighted by atomic mass is 16.4. The number of carboxylic acid groups (broad SMARTS) is 1. The quantitative estimate of drug-likeness (QED) is 0.489. The molecule has 0 aliphatic carbocycles. The van der Waals surface area contributed by atoms with Crippen LogP contribution in [0.2, 0.25) is 0 Å². The first-order valence-corrected chi connectivity index (χ1v) is 8.48. The molecular formula is C17H37NO2. The summed E-state index contributed by atoms with van der Waals surface area (Å²) in [4.78, 5) is 10.3. The van der Waals surface area contributed by atoms with Crippen LogP contribution in [-0.2, 0) is 4.79 Å². The number of carbonyl (C=O) groups is 1. The smallest absolute Gasteiger partial charge is 0.303 e. The lowest BCUT2D eigenvalue weighted by Crippen LogP contribution is -2.06. The van der Waals surface area contributed by atoms with Gasteiger partial charge in [0.1, 0.15) is 0 Å². The second-order valence-corrected chi connectivity index (χ2v) is 5.92. The minimum Gasteiger partial charge on any atom is -0.481 e. The second kappa shape index (κ2) is 18.4. The van der Waals surface area contributed by atoms with E-state index in [-0.39, 0.29) is 0 Å². The maximum absolute atomic E-state index is 10.3. The first-order valence-electron chi connectivity index (χ1n) is 8.48. The highest BCUT2D eigenvalue weighted by Gasteiger charge is 1.96. The Hall–Kier alpha value is -0.570. The molecule has 0 radical (unpaired) electrons. The van der Waals surface area contributed by atoms with E-state index < -0.39 is 5.97 Å². The average Bonchev–Trinajstić information content (AvgIpc) is 2.35. The van der Waals surface area contributed by atoms with E-state index in [2.05, 4.69) is 6.92 Å². The van der Waals surface area contributed by atoms with Gasteiger partial charge in [0.2, 0.25) is 0 Å². The molecule has 0 bridgehead atoms. The van der Waals surface area contributed by atoms with Gasteiger partial charge in [-0.1, -0.05) is 85.0 Å². The summed E-state index contributed by atoms with van der Waals surface area (Å²) in [5.41, 5.74) is 5.11. The second-order valence-electron chi connectivity index (χ2n) is 5.92. The van der Waals surface area contributed by atoms with E-state index in [1.165, 1.54) is 57.8 Å². The van der Waals surface area contributed by atoms with E-state index in [4.69, 9.17) is 10.8 Å². The van der Waals surface area contributed by atoms with Crippen LogP contribution in [0.25, 0.3) is 0 Å². The summed E-state index contributed by atoms with van der Waals surface area (Å²) in [7, 11) is 0. The van der Waals surface area contributed by atoms with Crippen molar-refractivity contribution in [2.24, 2.45) is 5.73 Å². The molecule has 20 heavy (non-hydrogen) atoms. The molecule has 3 nitrogen and oxygen atoms in total. The molecule has 122 valence electrons. The van der Waals surface area contributed by atoms with Crippen LogP contribution in [0.3, 0.4) is 0 Å². The number of hydrogen-bond acceptors (Lipinski definition) is 2. The zero-order valence-electron chi connectivity index (χ0n) is 14.0. The average molecular weight is 287 g/mol. The summed E-state index contributed by atoms with van der Waals surface area (Å²) < 4.78 is 0. The number of nitrogens with two attached hydrogens (primary N) is 1. The standard InChI is InChI=1S/C14H28O2.C3H9N/c1-2-3-4-5-6-7-8-9-10-11-12-13-14(15)16;1-3(2)4/h2-13H2,1H3,(H,15,16);3H,4H2,1-2H3. The van der Waals surface area contributed by atoms with Gasteiger partial charge in [-0.05, 0) is 12.5 Å². The minimum absolute atomic E-state index is 0.333. The molecule has 0 saturated heterocycles. The van der Waals surface area contributed by atoms with Crippen LogP contribution >= 0.6 is 0 Å². The van der Waals surface area contributed by atoms with Gasteiger partial charge in [0.25, 0.3) is 0 Å². The lowest BCUT2D eigenvalue weighted by atomic mass is 10.1. The van der Waals surface area contributed by atoms with Crippen molar-refractivity contribution in [3.05, 3.63) is 0 Å². The fourth-order valence-corrected chi connectivity index (χ4v) is 1.94. The Morgan fingerprint density at radius 1 is 0.850 bits per heavy atom. The van der Waals surface area contributed by atoms with Gasteiger partial charge in [-0.15, -0.1) is 0 Å². The molecule has 0 aromatic heterocycles. The van der Waals surface area contributed by atoms with E-state index in [1.807, 2.05) is 13.8 Å². The molecule has 0 aliphatic rings. The monoisotopic (exact) mass is 287 g/mol. The Morgan fingerprint density at radius 2 is 1.15 bits per heavy atom. The SMILES string of the molecule is CC(C)N.CCCCCCCCCCCCCC(=O)O. The fourth-order valence-electron chi connectivity index (χ4n) is 1.94. The third-order valence-corrected chi connectivity index (χ3v) is 2.99. The summed E-state index contributed by atoms with van der Waals surface area (Å²) in [5, 5.41) is 8.46. The molecule has 0 aromatic rings. The Labute approximate surface area is 126 Å². The highest BCUT2D eigenvalue weighted by Crippen LogP contribution is 2.11. The summed E-state index contributed by atoms with van der Waals surface area (Å²) >= 11 is 0. The van der Waals surface area contributed by atoms with Gasteiger partial charge in [0.15, 0.2) is 0 Å². The third-order valence-electron chi connectivity index (χ3n) is 2.99. The Kier molecular flexibility index (Phi) is 20.0. The van der Waals surface area contributed by atoms with Crippen LogP contribution in [-0.4, -0.2) is 17.1 Å². The van der Waals surface area contributed by atoms with Crippen LogP contribution in [0, 0.1) is 0 Å². The molecule has 0 saturated carbocycles. The summed E-state index contributed by atoms with van der Waals surface area (Å²) in [6.07, 6.45) is 14.4. The van der Waals surface area contributed by atoms with Crippen molar-refractivity contribution in [2.75, 3.05) is 0 Å². The van der Waals surface area contributed by atoms with Gasteiger partial charge in [0.05, 0.1) is 0 Å². The fraction of sp³-hybridized carbons (Fsp3) is 0.941. The van der Waals surface area contributed by atoms with Crippen LogP contribution in [0.1, 0.15) is 97.8 Å². The Bertz CT molecular complexity index is 191. The number of hydrogen-bond donors (Lipinski definition) is 2. The molecule has 0 aromatic carbocycles. The molecule has 0 spiro atoms. The maximum Gasteiger partial charge on any atom is 0.303 e. The van der Waals surface area contributed by atoms with E-state index in [1.54, 1.807) is 0 Å². The Balaban J connectivity index is 0. The van der Waals surface area contributed by atoms with E-state index in [0.717, 1.165) is 12.8 Å². The lowest BCUT2D eigenvalue weighted by Gasteiger charge is -2.01. The number of rotatable bonds is 12. The molecular weight excluding hydrogens is 250 g/mol. The number of aliphatic carboxylic acids is 1. The largest absolute Gasteiger partial charge is 0.481 e. The summed E-state index contributed by atoms with van der Waals surface area (Å²) in [5.74, 6) is -0.657. The number of unbranched alkanes of at least 4 members (excludes halogenated alkanes) is 10. The van der Waals surface area contributed by atoms with E-state index in [9.17, 15) is 4.79 Å². The van der Waals surface area contributed by atoms with E-state index >= 15 is 0 Å². The highest BCUT2D eigenvalue weighted by molar-refractivity contribution is 5.66. The molecule has 3 N–H and O–H groups in total. The summed E-state index contributed by atoms with van der Waals surface area (Å²) in [6, 6.07) is 0.333. The van der Waals surface area contributed by atoms with Crippen molar-refractivity contribution in [1.29, 1.82) is 0 Å². The Morgan fingerprint density at radius 3 is 1.45 bits per heavy atom. The molecule has 0 amide bonds. The zero-order valence-corrected chi connectivity index (χ0v) is 14.0. The predicted molar refractivity (Wildman–Crippen MR) is 88.0 cm³/mol. The molecule has 0 aliphatic heterocycles. The van der Waals surface area contributed by atoms with Crippen molar-refractivity contribution < 1.29 is 9.90 Å². The first kappa shape index (κ1) is 21.7. The molecule has 0 heterocycles. The van der Waals surface area contributed by atoms with Gasteiger partial charge in [0, 0.05) is 6.42 Å². The van der Waals surface area contributed by atoms with Gasteiger partial charge in [-0.3, -0.25) is 4.79 Å². The topological polar surface area (TPSA) is 63.3 Å². The van der Waals surface area contributed by atoms with Crippen molar-refractivity contribution in [3.8, 4) is 0 Å². The van der Waals surface area contributed by atoms with Crippen molar-refractivity contribution in [3.63, 3.8) is 0 Å². The van der Waals surface area contributed by atoms with Crippen LogP contribution < -0.4 is 5.73 Å². The van der Waals surface area contributed by atoms with Crippen molar-refractivity contribution >= 4 is 5.97 Å². The van der Waals surface area contributed by atoms with Crippen LogP contribution in [0.15, 0.2) is 0 Å². The van der Waals surface area contributed by atoms with Crippen LogP contribution in [0.5, 0.6) is 0 Å². The lowest BCUT2D eigenvalue weighted by molar-refractivity contribution is -0.137. The van der Waals surface area contributed by atoms with Gasteiger partial charge < -0.3 is 10.8 Å². The van der Waals surface area contributed by atoms with Crippen molar-refractivity contribution in [2.45, 2.75) is 104 Å². The van der Waals surface area contributed by atoms with Gasteiger partial charge in [-0.25, -0.2) is 0 Å². The van der Waals surface area contributed by atoms with Gasteiger partial charge >= 0.3 is 5.97 Å². The maximum atomic E-state index is 10.3. The molecule has 3 heteroatoms. The summed E-state index contributed by atoms with van der Waals surface area (Å²) in [6.45, 7) is 6.14. The third kappa shape index (κ3) is 30.5. The van der Waals surface area contributed by atoms with Crippen LogP contribution in [0.4, 0.5) is 0 Å². The molecule has 0 fully saturated rings.